The van der Waals surface area contributed by atoms with E-state index in [1.54, 1.807) is 29.4 Å². The number of aromatic nitrogens is 1. The molecule has 0 radical (unpaired) electrons. The van der Waals surface area contributed by atoms with Crippen molar-refractivity contribution in [3.05, 3.63) is 54.9 Å². The van der Waals surface area contributed by atoms with Crippen molar-refractivity contribution in [3.63, 3.8) is 0 Å². The van der Waals surface area contributed by atoms with Crippen molar-refractivity contribution in [1.82, 2.24) is 9.88 Å². The Bertz CT molecular complexity index is 631. The molecule has 0 unspecified atom stereocenters. The van der Waals surface area contributed by atoms with Crippen molar-refractivity contribution < 1.29 is 9.59 Å². The molecule has 124 valence electrons. The molecule has 1 aliphatic rings. The van der Waals surface area contributed by atoms with E-state index in [0.29, 0.717) is 18.8 Å². The van der Waals surface area contributed by atoms with Crippen LogP contribution >= 0.6 is 0 Å². The predicted molar refractivity (Wildman–Crippen MR) is 92.6 cm³/mol. The second kappa shape index (κ2) is 7.59. The molecule has 0 aliphatic carbocycles. The van der Waals surface area contributed by atoms with Crippen LogP contribution in [0.4, 0.5) is 16.2 Å². The van der Waals surface area contributed by atoms with Gasteiger partial charge in [0.05, 0.1) is 5.92 Å². The molecule has 1 fully saturated rings. The number of benzene rings is 1. The van der Waals surface area contributed by atoms with Crippen LogP contribution in [-0.4, -0.2) is 34.9 Å². The van der Waals surface area contributed by atoms with E-state index in [1.165, 1.54) is 0 Å². The summed E-state index contributed by atoms with van der Waals surface area (Å²) in [5, 5.41) is 5.75. The second-order valence-electron chi connectivity index (χ2n) is 5.81. The Morgan fingerprint density at radius 1 is 1.00 bits per heavy atom. The second-order valence-corrected chi connectivity index (χ2v) is 5.81. The number of para-hydroxylation sites is 1. The lowest BCUT2D eigenvalue weighted by Crippen LogP contribution is -2.45. The number of hydrogen-bond acceptors (Lipinski definition) is 3. The van der Waals surface area contributed by atoms with Crippen molar-refractivity contribution >= 4 is 23.3 Å². The minimum atomic E-state index is -0.192. The summed E-state index contributed by atoms with van der Waals surface area (Å²) in [6, 6.07) is 12.7. The van der Waals surface area contributed by atoms with Gasteiger partial charge in [0.2, 0.25) is 5.91 Å². The fraction of sp³-hybridized carbons (Fsp3) is 0.278. The average Bonchev–Trinajstić information content (AvgIpc) is 2.63. The SMILES string of the molecule is O=C(Nc1ccccc1)[C@H]1CCCN(C(=O)Nc2ccncc2)C1. The topological polar surface area (TPSA) is 74.3 Å². The van der Waals surface area contributed by atoms with Crippen LogP contribution in [0.5, 0.6) is 0 Å². The van der Waals surface area contributed by atoms with E-state index >= 15 is 0 Å². The quantitative estimate of drug-likeness (QED) is 0.911. The molecule has 3 rings (SSSR count). The molecule has 3 amide bonds. The van der Waals surface area contributed by atoms with Crippen molar-refractivity contribution in [2.24, 2.45) is 5.92 Å². The number of rotatable bonds is 3. The summed E-state index contributed by atoms with van der Waals surface area (Å²) in [6.45, 7) is 1.08. The van der Waals surface area contributed by atoms with Gasteiger partial charge in [-0.1, -0.05) is 18.2 Å². The fourth-order valence-electron chi connectivity index (χ4n) is 2.78. The summed E-state index contributed by atoms with van der Waals surface area (Å²) in [5.74, 6) is -0.232. The molecule has 24 heavy (non-hydrogen) atoms. The average molecular weight is 324 g/mol. The standard InChI is InChI=1S/C18H20N4O2/c23-17(20-15-6-2-1-3-7-15)14-5-4-12-22(13-14)18(24)21-16-8-10-19-11-9-16/h1-3,6-11,14H,4-5,12-13H2,(H,20,23)(H,19,21,24)/t14-/m0/s1. The number of nitrogens with zero attached hydrogens (tertiary/aromatic N) is 2. The molecule has 0 spiro atoms. The molecule has 1 atom stereocenters. The molecule has 2 N–H and O–H groups in total. The van der Waals surface area contributed by atoms with Crippen molar-refractivity contribution in [2.45, 2.75) is 12.8 Å². The Balaban J connectivity index is 1.57. The van der Waals surface area contributed by atoms with Gasteiger partial charge in [0.15, 0.2) is 0 Å². The minimum Gasteiger partial charge on any atom is -0.326 e. The predicted octanol–water partition coefficient (Wildman–Crippen LogP) is 2.96. The van der Waals surface area contributed by atoms with E-state index in [1.807, 2.05) is 30.3 Å². The molecule has 0 bridgehead atoms. The van der Waals surface area contributed by atoms with Crippen molar-refractivity contribution in [3.8, 4) is 0 Å². The van der Waals surface area contributed by atoms with Crippen LogP contribution in [0.1, 0.15) is 12.8 Å². The van der Waals surface area contributed by atoms with E-state index in [2.05, 4.69) is 15.6 Å². The Labute approximate surface area is 140 Å². The van der Waals surface area contributed by atoms with Crippen LogP contribution in [-0.2, 0) is 4.79 Å². The van der Waals surface area contributed by atoms with Gasteiger partial charge in [0.1, 0.15) is 0 Å². The van der Waals surface area contributed by atoms with Gasteiger partial charge >= 0.3 is 6.03 Å². The summed E-state index contributed by atoms with van der Waals surface area (Å²) in [7, 11) is 0. The highest BCUT2D eigenvalue weighted by atomic mass is 16.2. The molecule has 1 saturated heterocycles. The van der Waals surface area contributed by atoms with Crippen molar-refractivity contribution in [2.75, 3.05) is 23.7 Å². The Morgan fingerprint density at radius 2 is 1.71 bits per heavy atom. The third kappa shape index (κ3) is 4.10. The van der Waals surface area contributed by atoms with E-state index in [-0.39, 0.29) is 17.9 Å². The van der Waals surface area contributed by atoms with Gasteiger partial charge in [-0.15, -0.1) is 0 Å². The van der Waals surface area contributed by atoms with E-state index < -0.39 is 0 Å². The highest BCUT2D eigenvalue weighted by Gasteiger charge is 2.28. The molecular weight excluding hydrogens is 304 g/mol. The van der Waals surface area contributed by atoms with Crippen LogP contribution in [0, 0.1) is 5.92 Å². The molecule has 1 aromatic carbocycles. The lowest BCUT2D eigenvalue weighted by Gasteiger charge is -2.32. The fourth-order valence-corrected chi connectivity index (χ4v) is 2.78. The summed E-state index contributed by atoms with van der Waals surface area (Å²) in [6.07, 6.45) is 4.86. The molecule has 1 aliphatic heterocycles. The number of piperidine rings is 1. The normalized spacial score (nSPS) is 17.2. The van der Waals surface area contributed by atoms with Crippen molar-refractivity contribution in [1.29, 1.82) is 0 Å². The maximum Gasteiger partial charge on any atom is 0.321 e. The molecular formula is C18H20N4O2. The lowest BCUT2D eigenvalue weighted by molar-refractivity contribution is -0.121. The maximum atomic E-state index is 12.4. The van der Waals surface area contributed by atoms with Gasteiger partial charge in [-0.05, 0) is 37.1 Å². The van der Waals surface area contributed by atoms with Crippen LogP contribution in [0.25, 0.3) is 0 Å². The smallest absolute Gasteiger partial charge is 0.321 e. The highest BCUT2D eigenvalue weighted by Crippen LogP contribution is 2.19. The van der Waals surface area contributed by atoms with Gasteiger partial charge in [-0.2, -0.15) is 0 Å². The molecule has 6 nitrogen and oxygen atoms in total. The number of carbonyl (C=O) groups is 2. The Kier molecular flexibility index (Phi) is 5.05. The third-order valence-electron chi connectivity index (χ3n) is 4.05. The Morgan fingerprint density at radius 3 is 2.46 bits per heavy atom. The van der Waals surface area contributed by atoms with E-state index in [0.717, 1.165) is 18.5 Å². The van der Waals surface area contributed by atoms with Crippen LogP contribution in [0.3, 0.4) is 0 Å². The first-order valence-corrected chi connectivity index (χ1v) is 8.04. The monoisotopic (exact) mass is 324 g/mol. The molecule has 2 heterocycles. The van der Waals surface area contributed by atoms with Gasteiger partial charge in [-0.3, -0.25) is 9.78 Å². The summed E-state index contributed by atoms with van der Waals surface area (Å²) < 4.78 is 0. The number of likely N-dealkylation sites (tertiary alicyclic amines) is 1. The van der Waals surface area contributed by atoms with E-state index in [4.69, 9.17) is 0 Å². The first kappa shape index (κ1) is 16.0. The number of pyridine rings is 1. The van der Waals surface area contributed by atoms with Gasteiger partial charge in [-0.25, -0.2) is 4.79 Å². The zero-order chi connectivity index (χ0) is 16.8. The van der Waals surface area contributed by atoms with Crippen LogP contribution in [0.15, 0.2) is 54.9 Å². The highest BCUT2D eigenvalue weighted by molar-refractivity contribution is 5.94. The number of urea groups is 1. The van der Waals surface area contributed by atoms with E-state index in [9.17, 15) is 9.59 Å². The maximum absolute atomic E-state index is 12.4. The third-order valence-corrected chi connectivity index (χ3v) is 4.05. The molecule has 1 aromatic heterocycles. The minimum absolute atomic E-state index is 0.0392. The number of amides is 3. The molecule has 2 aromatic rings. The number of carbonyl (C=O) groups excluding carboxylic acids is 2. The summed E-state index contributed by atoms with van der Waals surface area (Å²) in [5.41, 5.74) is 1.48. The first-order valence-electron chi connectivity index (χ1n) is 8.04. The zero-order valence-electron chi connectivity index (χ0n) is 13.3. The van der Waals surface area contributed by atoms with Crippen LogP contribution < -0.4 is 10.6 Å². The first-order chi connectivity index (χ1) is 11.7. The van der Waals surface area contributed by atoms with Crippen LogP contribution in [0.2, 0.25) is 0 Å². The number of anilines is 2. The number of hydrogen-bond donors (Lipinski definition) is 2. The van der Waals surface area contributed by atoms with Gasteiger partial charge in [0.25, 0.3) is 0 Å². The number of nitrogens with one attached hydrogen (secondary N) is 2. The van der Waals surface area contributed by atoms with Gasteiger partial charge in [0, 0.05) is 36.9 Å². The lowest BCUT2D eigenvalue weighted by atomic mass is 9.97. The summed E-state index contributed by atoms with van der Waals surface area (Å²) >= 11 is 0. The zero-order valence-corrected chi connectivity index (χ0v) is 13.3. The molecule has 6 heteroatoms. The largest absolute Gasteiger partial charge is 0.326 e. The summed E-state index contributed by atoms with van der Waals surface area (Å²) in [4.78, 5) is 30.4. The van der Waals surface area contributed by atoms with Gasteiger partial charge < -0.3 is 15.5 Å². The Hall–Kier alpha value is -2.89. The molecule has 0 saturated carbocycles.